The summed E-state index contributed by atoms with van der Waals surface area (Å²) in [5.41, 5.74) is 0.152. The topological polar surface area (TPSA) is 45.5 Å². The fourth-order valence-electron chi connectivity index (χ4n) is 1.42. The second-order valence-corrected chi connectivity index (χ2v) is 5.39. The van der Waals surface area contributed by atoms with E-state index in [1.807, 2.05) is 38.4 Å². The molecule has 0 fully saturated rings. The molecule has 1 unspecified atom stereocenters. The third-order valence-electron chi connectivity index (χ3n) is 2.28. The molecule has 0 spiro atoms. The minimum absolute atomic E-state index is 0.515. The maximum Gasteiger partial charge on any atom is 0.171 e. The molecule has 1 aromatic rings. The molecule has 0 amide bonds. The zero-order valence-corrected chi connectivity index (χ0v) is 12.0. The molecule has 0 bridgehead atoms. The fourth-order valence-corrected chi connectivity index (χ4v) is 1.83. The molecule has 0 aliphatic carbocycles. The van der Waals surface area contributed by atoms with Crippen molar-refractivity contribution in [3.63, 3.8) is 0 Å². The first-order valence-electron chi connectivity index (χ1n) is 5.56. The van der Waals surface area contributed by atoms with Crippen LogP contribution in [0.15, 0.2) is 24.3 Å². The molecule has 5 heteroatoms. The first kappa shape index (κ1) is 14.8. The van der Waals surface area contributed by atoms with Gasteiger partial charge in [-0.1, -0.05) is 12.1 Å². The highest BCUT2D eigenvalue weighted by atomic mass is 32.2. The van der Waals surface area contributed by atoms with Crippen molar-refractivity contribution in [3.05, 3.63) is 29.8 Å². The summed E-state index contributed by atoms with van der Waals surface area (Å²) in [7, 11) is 5.36. The molecular formula is C13H18N2O2S. The number of nitrogens with zero attached hydrogens (tertiary/aromatic N) is 2. The zero-order valence-electron chi connectivity index (χ0n) is 11.1. The summed E-state index contributed by atoms with van der Waals surface area (Å²) in [4.78, 5) is 0. The van der Waals surface area contributed by atoms with Crippen LogP contribution in [0.5, 0.6) is 5.75 Å². The quantitative estimate of drug-likeness (QED) is 0.585. The van der Waals surface area contributed by atoms with Crippen LogP contribution in [0.3, 0.4) is 0 Å². The minimum atomic E-state index is -0.860. The van der Waals surface area contributed by atoms with E-state index in [9.17, 15) is 5.26 Å². The summed E-state index contributed by atoms with van der Waals surface area (Å²) in [5.74, 6) is 0.785. The number of ether oxygens (including phenoxy) is 1. The highest BCUT2D eigenvalue weighted by molar-refractivity contribution is 7.92. The maximum absolute atomic E-state index is 9.25. The van der Waals surface area contributed by atoms with E-state index in [0.717, 1.165) is 11.3 Å². The van der Waals surface area contributed by atoms with Gasteiger partial charge in [-0.3, -0.25) is 4.18 Å². The number of methoxy groups -OCH3 is 1. The van der Waals surface area contributed by atoms with Crippen LogP contribution in [0.1, 0.15) is 12.5 Å². The van der Waals surface area contributed by atoms with Crippen LogP contribution in [0.25, 0.3) is 0 Å². The molecule has 0 saturated heterocycles. The summed E-state index contributed by atoms with van der Waals surface area (Å²) < 4.78 is 12.5. The molecule has 1 aromatic carbocycles. The van der Waals surface area contributed by atoms with Crippen molar-refractivity contribution < 1.29 is 8.92 Å². The highest BCUT2D eigenvalue weighted by Gasteiger charge is 2.26. The molecule has 4 nitrogen and oxygen atoms in total. The van der Waals surface area contributed by atoms with Gasteiger partial charge in [0.05, 0.1) is 25.4 Å². The van der Waals surface area contributed by atoms with Crippen molar-refractivity contribution >= 4 is 12.2 Å². The molecule has 98 valence electrons. The summed E-state index contributed by atoms with van der Waals surface area (Å²) in [5, 5.41) is 9.25. The van der Waals surface area contributed by atoms with Crippen molar-refractivity contribution in [1.82, 2.24) is 4.31 Å². The van der Waals surface area contributed by atoms with Crippen LogP contribution < -0.4 is 4.74 Å². The van der Waals surface area contributed by atoms with Crippen LogP contribution in [0.2, 0.25) is 0 Å². The number of benzene rings is 1. The van der Waals surface area contributed by atoms with Crippen LogP contribution in [-0.2, 0) is 10.6 Å². The van der Waals surface area contributed by atoms with Crippen LogP contribution in [-0.4, -0.2) is 31.1 Å². The Morgan fingerprint density at radius 3 is 2.72 bits per heavy atom. The largest absolute Gasteiger partial charge is 0.497 e. The van der Waals surface area contributed by atoms with Gasteiger partial charge in [0.2, 0.25) is 0 Å². The standard InChI is InChI=1S/C13H18N2O2S/c1-13(10-14,17-18-15(2)3)9-11-6-5-7-12(8-11)16-4/h5-8H,9H2,1-4H3. The van der Waals surface area contributed by atoms with E-state index in [4.69, 9.17) is 8.92 Å². The Kier molecular flexibility index (Phi) is 5.48. The van der Waals surface area contributed by atoms with Crippen LogP contribution in [0.4, 0.5) is 0 Å². The molecule has 1 atom stereocenters. The number of rotatable bonds is 6. The molecule has 0 aromatic heterocycles. The van der Waals surface area contributed by atoms with Gasteiger partial charge in [0, 0.05) is 6.42 Å². The minimum Gasteiger partial charge on any atom is -0.497 e. The highest BCUT2D eigenvalue weighted by Crippen LogP contribution is 2.25. The lowest BCUT2D eigenvalue weighted by atomic mass is 9.98. The number of hydrogen-bond donors (Lipinski definition) is 0. The van der Waals surface area contributed by atoms with E-state index in [1.54, 1.807) is 18.3 Å². The van der Waals surface area contributed by atoms with E-state index in [-0.39, 0.29) is 0 Å². The molecule has 0 radical (unpaired) electrons. The Morgan fingerprint density at radius 2 is 2.17 bits per heavy atom. The van der Waals surface area contributed by atoms with Crippen molar-refractivity contribution in [2.75, 3.05) is 21.2 Å². The summed E-state index contributed by atoms with van der Waals surface area (Å²) in [6.07, 6.45) is 0.515. The van der Waals surface area contributed by atoms with Crippen LogP contribution in [0, 0.1) is 11.3 Å². The fraction of sp³-hybridized carbons (Fsp3) is 0.462. The normalized spacial score (nSPS) is 14.0. The third-order valence-corrected chi connectivity index (χ3v) is 3.02. The molecule has 0 aliphatic heterocycles. The van der Waals surface area contributed by atoms with Crippen molar-refractivity contribution in [2.24, 2.45) is 0 Å². The maximum atomic E-state index is 9.25. The summed E-state index contributed by atoms with van der Waals surface area (Å²) in [6.45, 7) is 1.78. The number of nitriles is 1. The van der Waals surface area contributed by atoms with Gasteiger partial charge in [0.25, 0.3) is 0 Å². The van der Waals surface area contributed by atoms with E-state index in [0.29, 0.717) is 6.42 Å². The smallest absolute Gasteiger partial charge is 0.171 e. The Bertz CT molecular complexity index is 431. The molecule has 0 heterocycles. The van der Waals surface area contributed by atoms with E-state index in [2.05, 4.69) is 6.07 Å². The van der Waals surface area contributed by atoms with Crippen LogP contribution >= 0.6 is 12.2 Å². The molecule has 1 rings (SSSR count). The lowest BCUT2D eigenvalue weighted by Gasteiger charge is -2.22. The zero-order chi connectivity index (χ0) is 13.6. The predicted octanol–water partition coefficient (Wildman–Crippen LogP) is 2.66. The van der Waals surface area contributed by atoms with Gasteiger partial charge >= 0.3 is 0 Å². The molecule has 0 saturated carbocycles. The molecule has 0 N–H and O–H groups in total. The van der Waals surface area contributed by atoms with E-state index < -0.39 is 5.60 Å². The van der Waals surface area contributed by atoms with Gasteiger partial charge in [0.15, 0.2) is 5.60 Å². The lowest BCUT2D eigenvalue weighted by Crippen LogP contribution is -2.28. The molecular weight excluding hydrogens is 248 g/mol. The second-order valence-electron chi connectivity index (χ2n) is 4.34. The Labute approximate surface area is 113 Å². The van der Waals surface area contributed by atoms with Gasteiger partial charge in [0.1, 0.15) is 5.75 Å². The SMILES string of the molecule is COc1cccc(CC(C)(C#N)OSN(C)C)c1. The van der Waals surface area contributed by atoms with Gasteiger partial charge in [-0.2, -0.15) is 5.26 Å². The van der Waals surface area contributed by atoms with Crippen molar-refractivity contribution in [2.45, 2.75) is 18.9 Å². The average Bonchev–Trinajstić information content (AvgIpc) is 2.36. The van der Waals surface area contributed by atoms with E-state index in [1.165, 1.54) is 12.2 Å². The number of hydrogen-bond acceptors (Lipinski definition) is 5. The average molecular weight is 266 g/mol. The van der Waals surface area contributed by atoms with Gasteiger partial charge in [-0.05, 0) is 38.7 Å². The first-order chi connectivity index (χ1) is 8.49. The van der Waals surface area contributed by atoms with Crippen molar-refractivity contribution in [3.8, 4) is 11.8 Å². The first-order valence-corrected chi connectivity index (χ1v) is 6.26. The Balaban J connectivity index is 2.75. The van der Waals surface area contributed by atoms with E-state index >= 15 is 0 Å². The monoisotopic (exact) mass is 266 g/mol. The second kappa shape index (κ2) is 6.64. The van der Waals surface area contributed by atoms with Gasteiger partial charge in [-0.15, -0.1) is 0 Å². The molecule has 18 heavy (non-hydrogen) atoms. The summed E-state index contributed by atoms with van der Waals surface area (Å²) in [6, 6.07) is 9.87. The molecule has 0 aliphatic rings. The van der Waals surface area contributed by atoms with Crippen molar-refractivity contribution in [1.29, 1.82) is 5.26 Å². The van der Waals surface area contributed by atoms with Gasteiger partial charge < -0.3 is 4.74 Å². The Morgan fingerprint density at radius 1 is 1.44 bits per heavy atom. The Hall–Kier alpha value is -1.22. The van der Waals surface area contributed by atoms with Gasteiger partial charge in [-0.25, -0.2) is 4.31 Å². The predicted molar refractivity (Wildman–Crippen MR) is 73.1 cm³/mol. The lowest BCUT2D eigenvalue weighted by molar-refractivity contribution is 0.176. The summed E-state index contributed by atoms with van der Waals surface area (Å²) >= 11 is 1.17. The third kappa shape index (κ3) is 4.57.